The molecular weight excluding hydrogens is 493 g/mol. The summed E-state index contributed by atoms with van der Waals surface area (Å²) < 4.78 is 64.7. The van der Waals surface area contributed by atoms with E-state index in [4.69, 9.17) is 0 Å². The molecule has 36 heavy (non-hydrogen) atoms. The molecule has 0 aliphatic rings. The molecule has 0 atom stereocenters. The summed E-state index contributed by atoms with van der Waals surface area (Å²) >= 11 is 0. The van der Waals surface area contributed by atoms with Gasteiger partial charge in [-0.25, -0.2) is 13.4 Å². The Balaban J connectivity index is 1.69. The number of sulfonamides is 1. The summed E-state index contributed by atoms with van der Waals surface area (Å²) in [4.78, 5) is 16.0. The van der Waals surface area contributed by atoms with Crippen LogP contribution in [0, 0.1) is 6.92 Å². The van der Waals surface area contributed by atoms with E-state index in [2.05, 4.69) is 20.3 Å². The van der Waals surface area contributed by atoms with E-state index >= 15 is 0 Å². The van der Waals surface area contributed by atoms with Crippen molar-refractivity contribution in [2.45, 2.75) is 26.2 Å². The maximum Gasteiger partial charge on any atom is 0.433 e. The molecule has 3 rings (SSSR count). The molecule has 0 saturated carbocycles. The number of hydrogen-bond donors (Lipinski definition) is 3. The number of nitrogens with zero attached hydrogens (tertiary/aromatic N) is 1. The molecule has 2 aromatic carbocycles. The zero-order valence-corrected chi connectivity index (χ0v) is 20.4. The highest BCUT2D eigenvalue weighted by atomic mass is 32.2. The third kappa shape index (κ3) is 8.12. The lowest BCUT2D eigenvalue weighted by Gasteiger charge is -2.13. The van der Waals surface area contributed by atoms with Crippen molar-refractivity contribution in [3.8, 4) is 0 Å². The Kier molecular flexibility index (Phi) is 8.36. The standard InChI is InChI=1S/C25H25F3N4O3S/c1-17-14-19(8-11-21(17)32-36(2,34)35)16-29-23(33)13-10-20-9-12-22(25(26,27)28)31-24(20)30-15-18-6-4-3-5-7-18/h3-14,32H,15-16H2,1-2H3,(H,29,33)(H,30,31). The highest BCUT2D eigenvalue weighted by Gasteiger charge is 2.33. The molecule has 1 amide bonds. The van der Waals surface area contributed by atoms with E-state index in [1.54, 1.807) is 25.1 Å². The molecule has 7 nitrogen and oxygen atoms in total. The highest BCUT2D eigenvalue weighted by Crippen LogP contribution is 2.30. The van der Waals surface area contributed by atoms with Crippen molar-refractivity contribution in [1.82, 2.24) is 10.3 Å². The fourth-order valence-corrected chi connectivity index (χ4v) is 3.88. The number of hydrogen-bond acceptors (Lipinski definition) is 5. The summed E-state index contributed by atoms with van der Waals surface area (Å²) in [6, 6.07) is 16.3. The number of anilines is 2. The van der Waals surface area contributed by atoms with E-state index < -0.39 is 27.8 Å². The lowest BCUT2D eigenvalue weighted by molar-refractivity contribution is -0.141. The molecule has 3 N–H and O–H groups in total. The maximum atomic E-state index is 13.2. The SMILES string of the molecule is Cc1cc(CNC(=O)C=Cc2ccc(C(F)(F)F)nc2NCc2ccccc2)ccc1NS(C)(=O)=O. The van der Waals surface area contributed by atoms with Crippen LogP contribution in [0.4, 0.5) is 24.7 Å². The average Bonchev–Trinajstić information content (AvgIpc) is 2.81. The third-order valence-corrected chi connectivity index (χ3v) is 5.58. The molecule has 0 aliphatic heterocycles. The first-order valence-electron chi connectivity index (χ1n) is 10.8. The number of pyridine rings is 1. The molecule has 11 heteroatoms. The van der Waals surface area contributed by atoms with E-state index in [1.165, 1.54) is 18.2 Å². The van der Waals surface area contributed by atoms with Gasteiger partial charge in [-0.3, -0.25) is 9.52 Å². The van der Waals surface area contributed by atoms with Crippen molar-refractivity contribution in [2.24, 2.45) is 0 Å². The van der Waals surface area contributed by atoms with Crippen molar-refractivity contribution in [2.75, 3.05) is 16.3 Å². The summed E-state index contributed by atoms with van der Waals surface area (Å²) in [7, 11) is -3.41. The number of carbonyl (C=O) groups excluding carboxylic acids is 1. The number of nitrogens with one attached hydrogen (secondary N) is 3. The van der Waals surface area contributed by atoms with E-state index in [0.29, 0.717) is 16.8 Å². The van der Waals surface area contributed by atoms with Crippen molar-refractivity contribution >= 4 is 33.5 Å². The van der Waals surface area contributed by atoms with Gasteiger partial charge in [-0.05, 0) is 47.9 Å². The molecule has 190 valence electrons. The van der Waals surface area contributed by atoms with E-state index in [-0.39, 0.29) is 18.9 Å². The molecule has 1 heterocycles. The normalized spacial score (nSPS) is 11.9. The van der Waals surface area contributed by atoms with Gasteiger partial charge in [0.1, 0.15) is 11.5 Å². The van der Waals surface area contributed by atoms with E-state index in [1.807, 2.05) is 30.3 Å². The Bertz CT molecular complexity index is 1360. The predicted molar refractivity (Wildman–Crippen MR) is 134 cm³/mol. The van der Waals surface area contributed by atoms with Crippen molar-refractivity contribution in [3.63, 3.8) is 0 Å². The number of rotatable bonds is 9. The fraction of sp³-hybridized carbons (Fsp3) is 0.200. The minimum atomic E-state index is -4.60. The van der Waals surface area contributed by atoms with Gasteiger partial charge < -0.3 is 10.6 Å². The van der Waals surface area contributed by atoms with Gasteiger partial charge in [0, 0.05) is 24.7 Å². The zero-order chi connectivity index (χ0) is 26.3. The quantitative estimate of drug-likeness (QED) is 0.356. The third-order valence-electron chi connectivity index (χ3n) is 4.99. The second-order valence-electron chi connectivity index (χ2n) is 8.05. The van der Waals surface area contributed by atoms with Crippen LogP contribution in [0.5, 0.6) is 0 Å². The van der Waals surface area contributed by atoms with Crippen molar-refractivity contribution in [1.29, 1.82) is 0 Å². The average molecular weight is 519 g/mol. The number of carbonyl (C=O) groups is 1. The maximum absolute atomic E-state index is 13.2. The van der Waals surface area contributed by atoms with Crippen LogP contribution in [0.15, 0.2) is 66.7 Å². The van der Waals surface area contributed by atoms with Gasteiger partial charge in [0.25, 0.3) is 0 Å². The summed E-state index contributed by atoms with van der Waals surface area (Å²) in [5.41, 5.74) is 2.02. The molecule has 0 radical (unpaired) electrons. The summed E-state index contributed by atoms with van der Waals surface area (Å²) in [6.45, 7) is 2.17. The largest absolute Gasteiger partial charge is 0.433 e. The molecule has 0 unspecified atom stereocenters. The van der Waals surface area contributed by atoms with Crippen LogP contribution in [0.2, 0.25) is 0 Å². The van der Waals surface area contributed by atoms with E-state index in [9.17, 15) is 26.4 Å². The van der Waals surface area contributed by atoms with Crippen molar-refractivity contribution in [3.05, 3.63) is 94.7 Å². The predicted octanol–water partition coefficient (Wildman–Crippen LogP) is 4.72. The number of amides is 1. The number of benzene rings is 2. The minimum Gasteiger partial charge on any atom is -0.365 e. The monoisotopic (exact) mass is 518 g/mol. The van der Waals surface area contributed by atoms with Crippen LogP contribution in [-0.4, -0.2) is 25.6 Å². The fourth-order valence-electron chi connectivity index (χ4n) is 3.25. The Labute approximate surface area is 207 Å². The molecule has 0 aliphatic carbocycles. The second kappa shape index (κ2) is 11.3. The van der Waals surface area contributed by atoms with Crippen LogP contribution in [0.3, 0.4) is 0 Å². The molecule has 0 fully saturated rings. The summed E-state index contributed by atoms with van der Waals surface area (Å²) in [6.07, 6.45) is -0.945. The van der Waals surface area contributed by atoms with Crippen LogP contribution in [-0.2, 0) is 34.1 Å². The van der Waals surface area contributed by atoms with Gasteiger partial charge in [-0.1, -0.05) is 42.5 Å². The molecule has 1 aromatic heterocycles. The first-order valence-corrected chi connectivity index (χ1v) is 12.7. The van der Waals surface area contributed by atoms with Gasteiger partial charge >= 0.3 is 6.18 Å². The lowest BCUT2D eigenvalue weighted by atomic mass is 10.1. The Hall–Kier alpha value is -3.86. The summed E-state index contributed by atoms with van der Waals surface area (Å²) in [5.74, 6) is -0.456. The Morgan fingerprint density at radius 2 is 1.72 bits per heavy atom. The van der Waals surface area contributed by atoms with Crippen LogP contribution < -0.4 is 15.4 Å². The van der Waals surface area contributed by atoms with Gasteiger partial charge in [-0.15, -0.1) is 0 Å². The first-order chi connectivity index (χ1) is 16.9. The molecule has 0 spiro atoms. The summed E-state index contributed by atoms with van der Waals surface area (Å²) in [5, 5.41) is 5.60. The topological polar surface area (TPSA) is 100 Å². The van der Waals surface area contributed by atoms with E-state index in [0.717, 1.165) is 23.4 Å². The second-order valence-corrected chi connectivity index (χ2v) is 9.79. The van der Waals surface area contributed by atoms with Gasteiger partial charge in [0.2, 0.25) is 15.9 Å². The Morgan fingerprint density at radius 3 is 2.36 bits per heavy atom. The van der Waals surface area contributed by atoms with Gasteiger partial charge in [0.15, 0.2) is 0 Å². The first kappa shape index (κ1) is 26.7. The molecular formula is C25H25F3N4O3S. The smallest absolute Gasteiger partial charge is 0.365 e. The number of aryl methyl sites for hydroxylation is 1. The number of halogens is 3. The van der Waals surface area contributed by atoms with Gasteiger partial charge in [0.05, 0.1) is 11.9 Å². The molecule has 0 saturated heterocycles. The van der Waals surface area contributed by atoms with Crippen LogP contribution in [0.1, 0.15) is 27.9 Å². The van der Waals surface area contributed by atoms with Crippen LogP contribution in [0.25, 0.3) is 6.08 Å². The highest BCUT2D eigenvalue weighted by molar-refractivity contribution is 7.92. The van der Waals surface area contributed by atoms with Crippen LogP contribution >= 0.6 is 0 Å². The van der Waals surface area contributed by atoms with Crippen molar-refractivity contribution < 1.29 is 26.4 Å². The minimum absolute atomic E-state index is 0.00215. The van der Waals surface area contributed by atoms with Gasteiger partial charge in [-0.2, -0.15) is 13.2 Å². The Morgan fingerprint density at radius 1 is 1.00 bits per heavy atom. The zero-order valence-electron chi connectivity index (χ0n) is 19.6. The number of alkyl halides is 3. The molecule has 3 aromatic rings. The lowest BCUT2D eigenvalue weighted by Crippen LogP contribution is -2.20. The molecule has 0 bridgehead atoms. The number of aromatic nitrogens is 1.